The molecule has 1 aromatic carbocycles. The Kier molecular flexibility index (Phi) is 3.90. The molecular formula is C17H23N. The van der Waals surface area contributed by atoms with E-state index in [2.05, 4.69) is 68.6 Å². The lowest BCUT2D eigenvalue weighted by atomic mass is 9.82. The molecule has 0 spiro atoms. The SMILES string of the molecule is CCC(C)(C)c1ccc(NC2=CCCC=C2)cc1. The number of hydrogen-bond acceptors (Lipinski definition) is 1. The van der Waals surface area contributed by atoms with Gasteiger partial charge in [0, 0.05) is 11.4 Å². The topological polar surface area (TPSA) is 12.0 Å². The van der Waals surface area contributed by atoms with Crippen molar-refractivity contribution in [3.05, 3.63) is 53.8 Å². The first-order chi connectivity index (χ1) is 8.62. The summed E-state index contributed by atoms with van der Waals surface area (Å²) in [6.07, 6.45) is 10.1. The monoisotopic (exact) mass is 241 g/mol. The molecule has 2 rings (SSSR count). The molecule has 0 radical (unpaired) electrons. The second-order valence-electron chi connectivity index (χ2n) is 5.58. The van der Waals surface area contributed by atoms with Crippen molar-refractivity contribution in [3.8, 4) is 0 Å². The zero-order valence-electron chi connectivity index (χ0n) is 11.7. The summed E-state index contributed by atoms with van der Waals surface area (Å²) in [6, 6.07) is 8.82. The molecule has 0 unspecified atom stereocenters. The standard InChI is InChI=1S/C17H23N/c1-4-17(2,3)14-10-12-16(13-11-14)18-15-8-6-5-7-9-15/h6,8-13,18H,4-5,7H2,1-3H3. The summed E-state index contributed by atoms with van der Waals surface area (Å²) in [5.41, 5.74) is 4.05. The van der Waals surface area contributed by atoms with E-state index in [1.165, 1.54) is 16.9 Å². The highest BCUT2D eigenvalue weighted by Crippen LogP contribution is 2.28. The maximum atomic E-state index is 3.45. The highest BCUT2D eigenvalue weighted by Gasteiger charge is 2.17. The van der Waals surface area contributed by atoms with E-state index in [0.29, 0.717) is 0 Å². The van der Waals surface area contributed by atoms with Crippen LogP contribution < -0.4 is 5.32 Å². The van der Waals surface area contributed by atoms with E-state index in [1.807, 2.05) is 0 Å². The van der Waals surface area contributed by atoms with Gasteiger partial charge in [0.25, 0.3) is 0 Å². The molecule has 0 saturated carbocycles. The third-order valence-electron chi connectivity index (χ3n) is 3.83. The van der Waals surface area contributed by atoms with Gasteiger partial charge in [-0.1, -0.05) is 45.1 Å². The molecule has 1 heteroatoms. The summed E-state index contributed by atoms with van der Waals surface area (Å²) in [5.74, 6) is 0. The van der Waals surface area contributed by atoms with Gasteiger partial charge in [0.1, 0.15) is 0 Å². The molecule has 1 aromatic rings. The maximum Gasteiger partial charge on any atom is 0.0384 e. The van der Waals surface area contributed by atoms with Gasteiger partial charge in [-0.2, -0.15) is 0 Å². The van der Waals surface area contributed by atoms with E-state index < -0.39 is 0 Å². The first kappa shape index (κ1) is 12.9. The second kappa shape index (κ2) is 5.43. The Labute approximate surface area is 111 Å². The van der Waals surface area contributed by atoms with Crippen molar-refractivity contribution < 1.29 is 0 Å². The average Bonchev–Trinajstić information content (AvgIpc) is 2.40. The molecule has 1 aliphatic carbocycles. The van der Waals surface area contributed by atoms with E-state index in [-0.39, 0.29) is 5.41 Å². The highest BCUT2D eigenvalue weighted by molar-refractivity contribution is 5.52. The lowest BCUT2D eigenvalue weighted by molar-refractivity contribution is 0.506. The van der Waals surface area contributed by atoms with Crippen molar-refractivity contribution in [3.63, 3.8) is 0 Å². The molecule has 0 aromatic heterocycles. The molecule has 0 bridgehead atoms. The Morgan fingerprint density at radius 2 is 1.83 bits per heavy atom. The van der Waals surface area contributed by atoms with Gasteiger partial charge in [-0.25, -0.2) is 0 Å². The zero-order valence-corrected chi connectivity index (χ0v) is 11.7. The van der Waals surface area contributed by atoms with Crippen LogP contribution >= 0.6 is 0 Å². The van der Waals surface area contributed by atoms with Gasteiger partial charge in [0.15, 0.2) is 0 Å². The van der Waals surface area contributed by atoms with E-state index in [1.54, 1.807) is 0 Å². The van der Waals surface area contributed by atoms with Crippen LogP contribution in [0, 0.1) is 0 Å². The maximum absolute atomic E-state index is 3.45. The van der Waals surface area contributed by atoms with Crippen LogP contribution in [0.15, 0.2) is 48.2 Å². The number of hydrogen-bond donors (Lipinski definition) is 1. The van der Waals surface area contributed by atoms with Gasteiger partial charge in [-0.05, 0) is 48.4 Å². The van der Waals surface area contributed by atoms with E-state index in [4.69, 9.17) is 0 Å². The molecular weight excluding hydrogens is 218 g/mol. The molecule has 0 amide bonds. The van der Waals surface area contributed by atoms with Crippen molar-refractivity contribution >= 4 is 5.69 Å². The third-order valence-corrected chi connectivity index (χ3v) is 3.83. The predicted molar refractivity (Wildman–Crippen MR) is 79.8 cm³/mol. The summed E-state index contributed by atoms with van der Waals surface area (Å²) in [5, 5.41) is 3.45. The first-order valence-electron chi connectivity index (χ1n) is 6.86. The number of benzene rings is 1. The third kappa shape index (κ3) is 3.04. The fourth-order valence-electron chi connectivity index (χ4n) is 2.08. The smallest absolute Gasteiger partial charge is 0.0384 e. The fraction of sp³-hybridized carbons (Fsp3) is 0.412. The minimum absolute atomic E-state index is 0.266. The molecule has 18 heavy (non-hydrogen) atoms. The molecule has 1 N–H and O–H groups in total. The largest absolute Gasteiger partial charge is 0.356 e. The first-order valence-corrected chi connectivity index (χ1v) is 6.86. The van der Waals surface area contributed by atoms with Gasteiger partial charge in [0.05, 0.1) is 0 Å². The quantitative estimate of drug-likeness (QED) is 0.780. The Morgan fingerprint density at radius 1 is 1.11 bits per heavy atom. The molecule has 0 atom stereocenters. The van der Waals surface area contributed by atoms with Crippen molar-refractivity contribution in [2.75, 3.05) is 5.32 Å². The molecule has 1 nitrogen and oxygen atoms in total. The fourth-order valence-corrected chi connectivity index (χ4v) is 2.08. The number of allylic oxidation sites excluding steroid dienone is 3. The van der Waals surface area contributed by atoms with Crippen molar-refractivity contribution in [1.82, 2.24) is 0 Å². The summed E-state index contributed by atoms with van der Waals surface area (Å²) < 4.78 is 0. The zero-order chi connectivity index (χ0) is 13.0. The molecule has 1 aliphatic rings. The van der Waals surface area contributed by atoms with Crippen molar-refractivity contribution in [2.24, 2.45) is 0 Å². The molecule has 0 aliphatic heterocycles. The summed E-state index contributed by atoms with van der Waals surface area (Å²) in [4.78, 5) is 0. The Morgan fingerprint density at radius 3 is 2.39 bits per heavy atom. The normalized spacial score (nSPS) is 15.4. The number of anilines is 1. The van der Waals surface area contributed by atoms with E-state index in [9.17, 15) is 0 Å². The lowest BCUT2D eigenvalue weighted by Gasteiger charge is -2.23. The summed E-state index contributed by atoms with van der Waals surface area (Å²) in [6.45, 7) is 6.83. The van der Waals surface area contributed by atoms with Gasteiger partial charge in [0.2, 0.25) is 0 Å². The number of nitrogens with one attached hydrogen (secondary N) is 1. The van der Waals surface area contributed by atoms with Gasteiger partial charge in [-0.3, -0.25) is 0 Å². The average molecular weight is 241 g/mol. The van der Waals surface area contributed by atoms with Crippen molar-refractivity contribution in [2.45, 2.75) is 45.4 Å². The van der Waals surface area contributed by atoms with Crippen LogP contribution in [-0.4, -0.2) is 0 Å². The van der Waals surface area contributed by atoms with Crippen LogP contribution in [-0.2, 0) is 5.41 Å². The Bertz CT molecular complexity index is 449. The van der Waals surface area contributed by atoms with E-state index in [0.717, 1.165) is 19.3 Å². The second-order valence-corrected chi connectivity index (χ2v) is 5.58. The van der Waals surface area contributed by atoms with Crippen molar-refractivity contribution in [1.29, 1.82) is 0 Å². The highest BCUT2D eigenvalue weighted by atomic mass is 14.9. The van der Waals surface area contributed by atoms with Crippen LogP contribution in [0.2, 0.25) is 0 Å². The Balaban J connectivity index is 2.08. The minimum Gasteiger partial charge on any atom is -0.356 e. The number of rotatable bonds is 4. The van der Waals surface area contributed by atoms with Gasteiger partial charge < -0.3 is 5.32 Å². The van der Waals surface area contributed by atoms with Crippen LogP contribution in [0.3, 0.4) is 0 Å². The summed E-state index contributed by atoms with van der Waals surface area (Å²) >= 11 is 0. The van der Waals surface area contributed by atoms with Crippen LogP contribution in [0.25, 0.3) is 0 Å². The summed E-state index contributed by atoms with van der Waals surface area (Å²) in [7, 11) is 0. The predicted octanol–water partition coefficient (Wildman–Crippen LogP) is 5.02. The van der Waals surface area contributed by atoms with Crippen LogP contribution in [0.5, 0.6) is 0 Å². The Hall–Kier alpha value is -1.50. The van der Waals surface area contributed by atoms with Crippen LogP contribution in [0.4, 0.5) is 5.69 Å². The lowest BCUT2D eigenvalue weighted by Crippen LogP contribution is -2.15. The van der Waals surface area contributed by atoms with E-state index >= 15 is 0 Å². The molecule has 0 saturated heterocycles. The molecule has 96 valence electrons. The van der Waals surface area contributed by atoms with Gasteiger partial charge >= 0.3 is 0 Å². The molecule has 0 fully saturated rings. The van der Waals surface area contributed by atoms with Gasteiger partial charge in [-0.15, -0.1) is 0 Å². The minimum atomic E-state index is 0.266. The molecule has 0 heterocycles. The van der Waals surface area contributed by atoms with Crippen LogP contribution in [0.1, 0.15) is 45.6 Å².